The number of aryl methyl sites for hydroxylation is 2. The minimum Gasteiger partial charge on any atom is -0.510 e. The van der Waals surface area contributed by atoms with Crippen molar-refractivity contribution >= 4 is 21.8 Å². The van der Waals surface area contributed by atoms with E-state index < -0.39 is 0 Å². The third-order valence-corrected chi connectivity index (χ3v) is 8.25. The summed E-state index contributed by atoms with van der Waals surface area (Å²) in [5, 5.41) is 2.25. The van der Waals surface area contributed by atoms with Gasteiger partial charge in [0.1, 0.15) is 5.82 Å². The second kappa shape index (κ2) is 11.8. The van der Waals surface area contributed by atoms with Crippen molar-refractivity contribution in [2.45, 2.75) is 47.0 Å². The summed E-state index contributed by atoms with van der Waals surface area (Å²) in [4.78, 5) is 4.78. The number of imidazole rings is 1. The van der Waals surface area contributed by atoms with Crippen molar-refractivity contribution < 1.29 is 30.4 Å². The number of pyridine rings is 1. The van der Waals surface area contributed by atoms with Crippen LogP contribution >= 0.6 is 0 Å². The molecule has 0 saturated carbocycles. The predicted molar refractivity (Wildman–Crippen MR) is 175 cm³/mol. The van der Waals surface area contributed by atoms with Gasteiger partial charge in [0.05, 0.1) is 5.69 Å². The van der Waals surface area contributed by atoms with Gasteiger partial charge in [0.15, 0.2) is 0 Å². The Morgan fingerprint density at radius 2 is 1.62 bits per heavy atom. The van der Waals surface area contributed by atoms with Crippen molar-refractivity contribution in [3.05, 3.63) is 138 Å². The molecule has 0 aliphatic heterocycles. The SMILES string of the molecule is Cc1cc(C)c(C)c(-[n+]2[c-]n(-c3[c-]c(Oc4[c-]c5c(cc4)c4ccccc4n5-c4cc(C(C)(C)C)ccn4)ccc3)cc2)c1.[Pt]. The van der Waals surface area contributed by atoms with Crippen LogP contribution in [0.5, 0.6) is 11.5 Å². The molecule has 45 heavy (non-hydrogen) atoms. The Morgan fingerprint density at radius 1 is 0.822 bits per heavy atom. The number of rotatable bonds is 5. The van der Waals surface area contributed by atoms with E-state index in [0.29, 0.717) is 11.5 Å². The van der Waals surface area contributed by atoms with Crippen molar-refractivity contribution in [2.24, 2.45) is 0 Å². The van der Waals surface area contributed by atoms with Crippen molar-refractivity contribution in [3.8, 4) is 28.7 Å². The van der Waals surface area contributed by atoms with E-state index in [2.05, 4.69) is 119 Å². The van der Waals surface area contributed by atoms with Gasteiger partial charge < -0.3 is 13.9 Å². The maximum Gasteiger partial charge on any atom is 0.267 e. The molecule has 0 aliphatic rings. The van der Waals surface area contributed by atoms with E-state index in [0.717, 1.165) is 39.0 Å². The molecular weight excluding hydrogens is 736 g/mol. The Kier molecular flexibility index (Phi) is 8.01. The van der Waals surface area contributed by atoms with Gasteiger partial charge in [-0.25, -0.2) is 4.98 Å². The van der Waals surface area contributed by atoms with Gasteiger partial charge in [-0.15, -0.1) is 29.7 Å². The summed E-state index contributed by atoms with van der Waals surface area (Å²) in [6, 6.07) is 34.0. The third-order valence-electron chi connectivity index (χ3n) is 8.25. The molecule has 0 saturated heterocycles. The van der Waals surface area contributed by atoms with E-state index in [1.54, 1.807) is 0 Å². The number of hydrogen-bond acceptors (Lipinski definition) is 2. The van der Waals surface area contributed by atoms with E-state index in [4.69, 9.17) is 9.72 Å². The summed E-state index contributed by atoms with van der Waals surface area (Å²) in [6.45, 7) is 13.1. The molecule has 0 N–H and O–H groups in total. The Bertz CT molecular complexity index is 2180. The van der Waals surface area contributed by atoms with Crippen LogP contribution in [0.4, 0.5) is 0 Å². The van der Waals surface area contributed by atoms with Crippen LogP contribution < -0.4 is 9.30 Å². The van der Waals surface area contributed by atoms with E-state index in [1.165, 1.54) is 22.3 Å². The number of nitrogens with zero attached hydrogens (tertiary/aromatic N) is 4. The zero-order valence-corrected chi connectivity index (χ0v) is 28.5. The number of fused-ring (bicyclic) bond motifs is 3. The Labute approximate surface area is 279 Å². The normalized spacial score (nSPS) is 11.6. The first kappa shape index (κ1) is 30.6. The van der Waals surface area contributed by atoms with Gasteiger partial charge in [-0.05, 0) is 72.7 Å². The molecule has 7 aromatic rings. The second-order valence-electron chi connectivity index (χ2n) is 12.5. The van der Waals surface area contributed by atoms with E-state index in [-0.39, 0.29) is 26.5 Å². The molecule has 228 valence electrons. The van der Waals surface area contributed by atoms with Gasteiger partial charge in [-0.3, -0.25) is 4.57 Å². The molecule has 3 aromatic heterocycles. The molecule has 5 nitrogen and oxygen atoms in total. The first-order valence-corrected chi connectivity index (χ1v) is 14.9. The summed E-state index contributed by atoms with van der Waals surface area (Å²) in [7, 11) is 0. The summed E-state index contributed by atoms with van der Waals surface area (Å²) >= 11 is 0. The standard InChI is InChI=1S/C39H34N4O.Pt/c1-26-20-27(2)28(3)36(21-26)42-19-18-41(25-42)30-10-9-11-31(23-30)44-32-14-15-34-33-12-7-8-13-35(33)43(37(34)24-32)38-22-29(16-17-40-38)39(4,5)6;/h7-22H,1-6H3;/q-2;. The van der Waals surface area contributed by atoms with E-state index in [1.807, 2.05) is 52.0 Å². The fourth-order valence-electron chi connectivity index (χ4n) is 5.79. The molecule has 0 unspecified atom stereocenters. The van der Waals surface area contributed by atoms with Crippen LogP contribution in [0.25, 0.3) is 39.0 Å². The fraction of sp³-hybridized carbons (Fsp3) is 0.179. The number of aromatic nitrogens is 4. The van der Waals surface area contributed by atoms with E-state index >= 15 is 0 Å². The molecule has 0 spiro atoms. The topological polar surface area (TPSA) is 35.9 Å². The number of benzene rings is 4. The molecule has 4 aromatic carbocycles. The predicted octanol–water partition coefficient (Wildman–Crippen LogP) is 8.66. The van der Waals surface area contributed by atoms with Crippen molar-refractivity contribution in [2.75, 3.05) is 0 Å². The molecule has 0 fully saturated rings. The van der Waals surface area contributed by atoms with Crippen LogP contribution in [-0.4, -0.2) is 14.1 Å². The van der Waals surface area contributed by atoms with Gasteiger partial charge in [-0.2, -0.15) is 18.2 Å². The van der Waals surface area contributed by atoms with Crippen LogP contribution in [0.15, 0.2) is 97.5 Å². The van der Waals surface area contributed by atoms with Gasteiger partial charge in [-0.1, -0.05) is 61.7 Å². The summed E-state index contributed by atoms with van der Waals surface area (Å²) in [5.74, 6) is 2.07. The maximum atomic E-state index is 6.38. The summed E-state index contributed by atoms with van der Waals surface area (Å²) in [5.41, 5.74) is 8.91. The fourth-order valence-corrected chi connectivity index (χ4v) is 5.79. The Hall–Kier alpha value is -4.47. The number of para-hydroxylation sites is 1. The quantitative estimate of drug-likeness (QED) is 0.130. The first-order valence-electron chi connectivity index (χ1n) is 14.9. The smallest absolute Gasteiger partial charge is 0.267 e. The largest absolute Gasteiger partial charge is 0.510 e. The molecule has 0 amide bonds. The molecule has 0 radical (unpaired) electrons. The third kappa shape index (κ3) is 5.73. The van der Waals surface area contributed by atoms with Crippen LogP contribution in [0.2, 0.25) is 0 Å². The van der Waals surface area contributed by atoms with Crippen molar-refractivity contribution in [3.63, 3.8) is 0 Å². The number of hydrogen-bond donors (Lipinski definition) is 0. The summed E-state index contributed by atoms with van der Waals surface area (Å²) < 4.78 is 12.5. The minimum atomic E-state index is 0. The molecule has 6 heteroatoms. The van der Waals surface area contributed by atoms with Gasteiger partial charge in [0, 0.05) is 56.7 Å². The first-order chi connectivity index (χ1) is 21.2. The molecular formula is C39H34N4OPt-2. The van der Waals surface area contributed by atoms with Gasteiger partial charge in [0.2, 0.25) is 0 Å². The zero-order chi connectivity index (χ0) is 30.6. The number of ether oxygens (including phenoxy) is 1. The van der Waals surface area contributed by atoms with Gasteiger partial charge in [0.25, 0.3) is 6.33 Å². The molecule has 0 bridgehead atoms. The van der Waals surface area contributed by atoms with Crippen LogP contribution in [0.3, 0.4) is 0 Å². The van der Waals surface area contributed by atoms with E-state index in [9.17, 15) is 0 Å². The minimum absolute atomic E-state index is 0. The van der Waals surface area contributed by atoms with Crippen molar-refractivity contribution in [1.82, 2.24) is 14.1 Å². The van der Waals surface area contributed by atoms with Crippen LogP contribution in [0, 0.1) is 39.2 Å². The second-order valence-corrected chi connectivity index (χ2v) is 12.5. The van der Waals surface area contributed by atoms with Gasteiger partial charge >= 0.3 is 0 Å². The monoisotopic (exact) mass is 769 g/mol. The average Bonchev–Trinajstić information content (AvgIpc) is 3.62. The Morgan fingerprint density at radius 3 is 2.44 bits per heavy atom. The maximum absolute atomic E-state index is 6.38. The van der Waals surface area contributed by atoms with Crippen molar-refractivity contribution in [1.29, 1.82) is 0 Å². The average molecular weight is 770 g/mol. The van der Waals surface area contributed by atoms with Crippen LogP contribution in [-0.2, 0) is 26.5 Å². The summed E-state index contributed by atoms with van der Waals surface area (Å²) in [6.07, 6.45) is 9.34. The molecule has 7 rings (SSSR count). The van der Waals surface area contributed by atoms with Crippen LogP contribution in [0.1, 0.15) is 43.0 Å². The zero-order valence-electron chi connectivity index (χ0n) is 26.3. The molecule has 3 heterocycles. The molecule has 0 atom stereocenters. The Balaban J connectivity index is 0.00000357. The molecule has 0 aliphatic carbocycles.